The van der Waals surface area contributed by atoms with E-state index in [0.29, 0.717) is 30.3 Å². The van der Waals surface area contributed by atoms with Crippen LogP contribution in [0.5, 0.6) is 11.5 Å². The molecule has 1 saturated carbocycles. The highest BCUT2D eigenvalue weighted by Gasteiger charge is 2.62. The number of hydrogen-bond acceptors (Lipinski definition) is 5. The Bertz CT molecular complexity index is 856. The maximum absolute atomic E-state index is 12.7. The molecule has 146 valence electrons. The van der Waals surface area contributed by atoms with Crippen LogP contribution in [0.3, 0.4) is 0 Å². The molecule has 0 bridgehead atoms. The van der Waals surface area contributed by atoms with Gasteiger partial charge in [-0.2, -0.15) is 5.26 Å². The van der Waals surface area contributed by atoms with Gasteiger partial charge < -0.3 is 14.2 Å². The normalized spacial score (nSPS) is 20.6. The van der Waals surface area contributed by atoms with E-state index in [1.165, 1.54) is 0 Å². The van der Waals surface area contributed by atoms with Gasteiger partial charge in [0.05, 0.1) is 12.5 Å². The maximum atomic E-state index is 12.7. The molecule has 0 radical (unpaired) electrons. The number of carbonyl (C=O) groups excluding carboxylic acids is 1. The summed E-state index contributed by atoms with van der Waals surface area (Å²) in [6.45, 7) is 7.12. The van der Waals surface area contributed by atoms with Crippen molar-refractivity contribution >= 4 is 5.97 Å². The van der Waals surface area contributed by atoms with E-state index < -0.39 is 6.10 Å². The summed E-state index contributed by atoms with van der Waals surface area (Å²) in [5.74, 6) is 0.797. The molecular weight excluding hydrogens is 354 g/mol. The van der Waals surface area contributed by atoms with Gasteiger partial charge in [-0.1, -0.05) is 44.2 Å². The molecule has 28 heavy (non-hydrogen) atoms. The van der Waals surface area contributed by atoms with Gasteiger partial charge in [0.1, 0.15) is 17.6 Å². The van der Waals surface area contributed by atoms with E-state index in [2.05, 4.69) is 6.07 Å². The molecule has 5 heteroatoms. The van der Waals surface area contributed by atoms with Gasteiger partial charge in [0.25, 0.3) is 0 Å². The molecule has 3 atom stereocenters. The molecule has 1 unspecified atom stereocenters. The van der Waals surface area contributed by atoms with E-state index in [1.807, 2.05) is 51.1 Å². The summed E-state index contributed by atoms with van der Waals surface area (Å²) in [6, 6.07) is 18.5. The van der Waals surface area contributed by atoms with E-state index in [-0.39, 0.29) is 23.2 Å². The number of nitrogens with zero attached hydrogens (tertiary/aromatic N) is 1. The number of carbonyl (C=O) groups is 1. The first-order chi connectivity index (χ1) is 13.5. The van der Waals surface area contributed by atoms with Crippen LogP contribution in [0.2, 0.25) is 0 Å². The number of ether oxygens (including phenoxy) is 3. The Balaban J connectivity index is 1.68. The van der Waals surface area contributed by atoms with Crippen LogP contribution in [0.25, 0.3) is 0 Å². The van der Waals surface area contributed by atoms with Crippen LogP contribution in [0.4, 0.5) is 0 Å². The first kappa shape index (κ1) is 19.9. The SMILES string of the molecule is CCOC[C@H]1[C@@H](C(=O)OC(C#N)c2cccc(Oc3ccccc3)c2)C1(C)C. The van der Waals surface area contributed by atoms with Gasteiger partial charge in [-0.25, -0.2) is 0 Å². The molecule has 0 saturated heterocycles. The fraction of sp³-hybridized carbons (Fsp3) is 0.391. The van der Waals surface area contributed by atoms with Crippen LogP contribution in [0.1, 0.15) is 32.4 Å². The van der Waals surface area contributed by atoms with Crippen LogP contribution >= 0.6 is 0 Å². The molecule has 1 fully saturated rings. The summed E-state index contributed by atoms with van der Waals surface area (Å²) in [5.41, 5.74) is 0.411. The average Bonchev–Trinajstić information content (AvgIpc) is 3.25. The second kappa shape index (κ2) is 8.45. The Morgan fingerprint density at radius 1 is 1.14 bits per heavy atom. The lowest BCUT2D eigenvalue weighted by Gasteiger charge is -2.13. The third-order valence-corrected chi connectivity index (χ3v) is 5.30. The van der Waals surface area contributed by atoms with Crippen LogP contribution < -0.4 is 4.74 Å². The molecule has 0 heterocycles. The van der Waals surface area contributed by atoms with Gasteiger partial charge in [0.15, 0.2) is 0 Å². The Kier molecular flexibility index (Phi) is 6.01. The Morgan fingerprint density at radius 3 is 2.54 bits per heavy atom. The molecule has 5 nitrogen and oxygen atoms in total. The second-order valence-electron chi connectivity index (χ2n) is 7.50. The van der Waals surface area contributed by atoms with Crippen molar-refractivity contribution in [1.82, 2.24) is 0 Å². The van der Waals surface area contributed by atoms with E-state index in [4.69, 9.17) is 14.2 Å². The van der Waals surface area contributed by atoms with Crippen LogP contribution in [-0.4, -0.2) is 19.2 Å². The van der Waals surface area contributed by atoms with Crippen molar-refractivity contribution in [2.75, 3.05) is 13.2 Å². The Morgan fingerprint density at radius 2 is 1.86 bits per heavy atom. The Hall–Kier alpha value is -2.84. The quantitative estimate of drug-likeness (QED) is 0.611. The molecular formula is C23H25NO4. The van der Waals surface area contributed by atoms with Crippen molar-refractivity contribution in [3.63, 3.8) is 0 Å². The second-order valence-corrected chi connectivity index (χ2v) is 7.50. The molecule has 1 aliphatic rings. The smallest absolute Gasteiger partial charge is 0.311 e. The average molecular weight is 379 g/mol. The first-order valence-electron chi connectivity index (χ1n) is 9.48. The number of rotatable bonds is 8. The highest BCUT2D eigenvalue weighted by Crippen LogP contribution is 2.59. The van der Waals surface area contributed by atoms with Gasteiger partial charge in [-0.3, -0.25) is 4.79 Å². The van der Waals surface area contributed by atoms with Crippen LogP contribution in [-0.2, 0) is 14.3 Å². The standard InChI is InChI=1S/C23H25NO4/c1-4-26-15-19-21(23(19,2)3)22(25)28-20(14-24)16-9-8-12-18(13-16)27-17-10-6-5-7-11-17/h5-13,19-21H,4,15H2,1-3H3/t19-,20?,21-/m0/s1. The molecule has 2 aromatic carbocycles. The molecule has 2 aromatic rings. The van der Waals surface area contributed by atoms with Crippen LogP contribution in [0.15, 0.2) is 54.6 Å². The van der Waals surface area contributed by atoms with Crippen molar-refractivity contribution in [3.05, 3.63) is 60.2 Å². The van der Waals surface area contributed by atoms with Gasteiger partial charge in [0.2, 0.25) is 6.10 Å². The predicted octanol–water partition coefficient (Wildman–Crippen LogP) is 4.90. The maximum Gasteiger partial charge on any atom is 0.311 e. The van der Waals surface area contributed by atoms with Gasteiger partial charge >= 0.3 is 5.97 Å². The molecule has 0 amide bonds. The molecule has 0 aliphatic heterocycles. The highest BCUT2D eigenvalue weighted by molar-refractivity contribution is 5.78. The predicted molar refractivity (Wildman–Crippen MR) is 105 cm³/mol. The first-order valence-corrected chi connectivity index (χ1v) is 9.48. The summed E-state index contributed by atoms with van der Waals surface area (Å²) in [6.07, 6.45) is -0.976. The van der Waals surface area contributed by atoms with Crippen molar-refractivity contribution in [3.8, 4) is 17.6 Å². The van der Waals surface area contributed by atoms with Crippen molar-refractivity contribution in [2.24, 2.45) is 17.3 Å². The zero-order valence-corrected chi connectivity index (χ0v) is 16.4. The zero-order chi connectivity index (χ0) is 20.1. The lowest BCUT2D eigenvalue weighted by atomic mass is 10.1. The lowest BCUT2D eigenvalue weighted by molar-refractivity contribution is -0.149. The van der Waals surface area contributed by atoms with E-state index in [1.54, 1.807) is 24.3 Å². The molecule has 3 rings (SSSR count). The number of benzene rings is 2. The number of nitriles is 1. The minimum Gasteiger partial charge on any atom is -0.457 e. The zero-order valence-electron chi connectivity index (χ0n) is 16.4. The molecule has 1 aliphatic carbocycles. The number of hydrogen-bond donors (Lipinski definition) is 0. The van der Waals surface area contributed by atoms with Crippen LogP contribution in [0, 0.1) is 28.6 Å². The summed E-state index contributed by atoms with van der Waals surface area (Å²) in [7, 11) is 0. The largest absolute Gasteiger partial charge is 0.457 e. The summed E-state index contributed by atoms with van der Waals surface area (Å²) in [4.78, 5) is 12.7. The fourth-order valence-corrected chi connectivity index (χ4v) is 3.49. The molecule has 0 aromatic heterocycles. The van der Waals surface area contributed by atoms with Gasteiger partial charge in [0, 0.05) is 18.1 Å². The molecule has 0 spiro atoms. The third kappa shape index (κ3) is 4.35. The Labute approximate surface area is 165 Å². The highest BCUT2D eigenvalue weighted by atomic mass is 16.5. The summed E-state index contributed by atoms with van der Waals surface area (Å²) < 4.78 is 16.8. The minimum absolute atomic E-state index is 0.118. The number of para-hydroxylation sites is 1. The third-order valence-electron chi connectivity index (χ3n) is 5.30. The molecule has 0 N–H and O–H groups in total. The fourth-order valence-electron chi connectivity index (χ4n) is 3.49. The minimum atomic E-state index is -0.976. The topological polar surface area (TPSA) is 68.5 Å². The van der Waals surface area contributed by atoms with E-state index >= 15 is 0 Å². The van der Waals surface area contributed by atoms with Crippen molar-refractivity contribution in [1.29, 1.82) is 5.26 Å². The number of esters is 1. The van der Waals surface area contributed by atoms with Gasteiger partial charge in [-0.15, -0.1) is 0 Å². The van der Waals surface area contributed by atoms with Gasteiger partial charge in [-0.05, 0) is 36.6 Å². The summed E-state index contributed by atoms with van der Waals surface area (Å²) >= 11 is 0. The van der Waals surface area contributed by atoms with E-state index in [9.17, 15) is 10.1 Å². The van der Waals surface area contributed by atoms with Crippen molar-refractivity contribution < 1.29 is 19.0 Å². The summed E-state index contributed by atoms with van der Waals surface area (Å²) in [5, 5.41) is 9.56. The monoisotopic (exact) mass is 379 g/mol. The van der Waals surface area contributed by atoms with E-state index in [0.717, 1.165) is 0 Å². The lowest BCUT2D eigenvalue weighted by Crippen LogP contribution is -2.15. The van der Waals surface area contributed by atoms with Crippen molar-refractivity contribution in [2.45, 2.75) is 26.9 Å².